The predicted molar refractivity (Wildman–Crippen MR) is 156 cm³/mol. The number of benzene rings is 3. The summed E-state index contributed by atoms with van der Waals surface area (Å²) < 4.78 is 5.89. The maximum atomic E-state index is 6.60. The molecule has 3 aromatic carbocycles. The van der Waals surface area contributed by atoms with Gasteiger partial charge in [-0.1, -0.05) is 62.4 Å². The number of anilines is 1. The van der Waals surface area contributed by atoms with E-state index in [1.54, 1.807) is 0 Å². The van der Waals surface area contributed by atoms with Crippen LogP contribution in [0.5, 0.6) is 0 Å². The van der Waals surface area contributed by atoms with Gasteiger partial charge in [-0.05, 0) is 84.9 Å². The van der Waals surface area contributed by atoms with Gasteiger partial charge in [-0.3, -0.25) is 0 Å². The molecule has 5 nitrogen and oxygen atoms in total. The topological polar surface area (TPSA) is 68.2 Å². The molecule has 0 amide bonds. The van der Waals surface area contributed by atoms with E-state index in [2.05, 4.69) is 91.3 Å². The Bertz CT molecular complexity index is 1340. The molecule has 0 saturated heterocycles. The minimum atomic E-state index is 0.468. The Morgan fingerprint density at radius 1 is 0.784 bits per heavy atom. The van der Waals surface area contributed by atoms with Crippen LogP contribution in [0.4, 0.5) is 5.69 Å². The van der Waals surface area contributed by atoms with Crippen LogP contribution in [0.3, 0.4) is 0 Å². The predicted octanol–water partition coefficient (Wildman–Crippen LogP) is 7.55. The van der Waals surface area contributed by atoms with Gasteiger partial charge in [-0.15, -0.1) is 10.2 Å². The van der Waals surface area contributed by atoms with Crippen LogP contribution in [0.25, 0.3) is 34.9 Å². The van der Waals surface area contributed by atoms with Gasteiger partial charge in [-0.25, -0.2) is 0 Å². The van der Waals surface area contributed by atoms with E-state index >= 15 is 0 Å². The molecular formula is C32H36N4O. The molecule has 4 aromatic rings. The summed E-state index contributed by atoms with van der Waals surface area (Å²) in [5.41, 5.74) is 15.2. The van der Waals surface area contributed by atoms with Crippen LogP contribution in [-0.4, -0.2) is 23.3 Å². The molecule has 0 unspecified atom stereocenters. The maximum absolute atomic E-state index is 6.60. The number of hydrogen-bond acceptors (Lipinski definition) is 5. The van der Waals surface area contributed by atoms with Crippen LogP contribution in [-0.2, 0) is 6.42 Å². The van der Waals surface area contributed by atoms with Crippen LogP contribution >= 0.6 is 0 Å². The summed E-state index contributed by atoms with van der Waals surface area (Å²) in [7, 11) is 0. The quantitative estimate of drug-likeness (QED) is 0.231. The lowest BCUT2D eigenvalue weighted by Crippen LogP contribution is -2.21. The Hall–Kier alpha value is -4.12. The van der Waals surface area contributed by atoms with E-state index in [1.807, 2.05) is 36.4 Å². The van der Waals surface area contributed by atoms with Crippen LogP contribution in [0.2, 0.25) is 0 Å². The molecule has 1 heterocycles. The molecule has 0 aliphatic heterocycles. The fourth-order valence-corrected chi connectivity index (χ4v) is 4.43. The minimum Gasteiger partial charge on any atom is -0.417 e. The summed E-state index contributed by atoms with van der Waals surface area (Å²) in [6.07, 6.45) is 5.71. The van der Waals surface area contributed by atoms with Crippen molar-refractivity contribution >= 4 is 29.1 Å². The van der Waals surface area contributed by atoms with Gasteiger partial charge in [-0.2, -0.15) is 0 Å². The maximum Gasteiger partial charge on any atom is 0.248 e. The Labute approximate surface area is 220 Å². The zero-order valence-corrected chi connectivity index (χ0v) is 22.2. The lowest BCUT2D eigenvalue weighted by molar-refractivity contribution is 0.558. The molecule has 0 aliphatic carbocycles. The number of rotatable bonds is 10. The molecule has 2 N–H and O–H groups in total. The first-order valence-corrected chi connectivity index (χ1v) is 13.1. The molecule has 190 valence electrons. The summed E-state index contributed by atoms with van der Waals surface area (Å²) >= 11 is 0. The monoisotopic (exact) mass is 492 g/mol. The third kappa shape index (κ3) is 6.18. The number of nitrogens with zero attached hydrogens (tertiary/aromatic N) is 3. The van der Waals surface area contributed by atoms with E-state index in [0.29, 0.717) is 11.8 Å². The van der Waals surface area contributed by atoms with E-state index in [4.69, 9.17) is 10.2 Å². The summed E-state index contributed by atoms with van der Waals surface area (Å²) in [5.74, 6) is 0.951. The molecule has 37 heavy (non-hydrogen) atoms. The van der Waals surface area contributed by atoms with Gasteiger partial charge in [0.15, 0.2) is 0 Å². The summed E-state index contributed by atoms with van der Waals surface area (Å²) in [5, 5.41) is 8.42. The molecule has 0 fully saturated rings. The molecule has 1 aromatic heterocycles. The molecule has 0 saturated carbocycles. The molecule has 0 radical (unpaired) electrons. The molecule has 0 atom stereocenters. The van der Waals surface area contributed by atoms with Gasteiger partial charge in [0.05, 0.1) is 0 Å². The fourth-order valence-electron chi connectivity index (χ4n) is 4.43. The van der Waals surface area contributed by atoms with Gasteiger partial charge < -0.3 is 15.1 Å². The Morgan fingerprint density at radius 2 is 1.43 bits per heavy atom. The standard InChI is InChI=1S/C32H36N4O/c1-5-23-9-14-25(15-10-23)29(6-2)31(33)26-16-18-27(19-17-26)32-35-34-30(37-32)22-13-24-11-20-28(21-12-24)36(7-3)8-4/h9-22H,5-8,33H2,1-4H3. The van der Waals surface area contributed by atoms with Crippen molar-refractivity contribution in [3.8, 4) is 11.5 Å². The van der Waals surface area contributed by atoms with Crippen molar-refractivity contribution in [2.75, 3.05) is 18.0 Å². The van der Waals surface area contributed by atoms with Gasteiger partial charge in [0.1, 0.15) is 0 Å². The first-order chi connectivity index (χ1) is 18.1. The highest BCUT2D eigenvalue weighted by atomic mass is 16.4. The number of aromatic nitrogens is 2. The number of hydrogen-bond donors (Lipinski definition) is 1. The van der Waals surface area contributed by atoms with Crippen LogP contribution in [0, 0.1) is 0 Å². The Balaban J connectivity index is 1.47. The molecular weight excluding hydrogens is 456 g/mol. The third-order valence-electron chi connectivity index (χ3n) is 6.71. The van der Waals surface area contributed by atoms with Gasteiger partial charge >= 0.3 is 0 Å². The first kappa shape index (κ1) is 26.0. The van der Waals surface area contributed by atoms with Crippen molar-refractivity contribution in [2.24, 2.45) is 5.73 Å². The van der Waals surface area contributed by atoms with Gasteiger partial charge in [0.2, 0.25) is 11.8 Å². The third-order valence-corrected chi connectivity index (χ3v) is 6.71. The molecule has 4 rings (SSSR count). The Kier molecular flexibility index (Phi) is 8.57. The van der Waals surface area contributed by atoms with Crippen LogP contribution in [0.1, 0.15) is 62.3 Å². The zero-order valence-electron chi connectivity index (χ0n) is 22.2. The summed E-state index contributed by atoms with van der Waals surface area (Å²) in [4.78, 5) is 2.32. The SMILES string of the molecule is CCC(=C(N)c1ccc(-c2nnc(C=Cc3ccc(N(CC)CC)cc3)o2)cc1)c1ccc(CC)cc1. The molecule has 0 spiro atoms. The second-order valence-electron chi connectivity index (χ2n) is 8.92. The minimum absolute atomic E-state index is 0.468. The molecule has 5 heteroatoms. The second kappa shape index (κ2) is 12.2. The zero-order chi connectivity index (χ0) is 26.2. The van der Waals surface area contributed by atoms with Gasteiger partial charge in [0.25, 0.3) is 0 Å². The lowest BCUT2D eigenvalue weighted by Gasteiger charge is -2.20. The van der Waals surface area contributed by atoms with E-state index < -0.39 is 0 Å². The van der Waals surface area contributed by atoms with Crippen molar-refractivity contribution in [2.45, 2.75) is 40.5 Å². The van der Waals surface area contributed by atoms with Crippen LogP contribution < -0.4 is 10.6 Å². The number of nitrogens with two attached hydrogens (primary N) is 1. The normalized spacial score (nSPS) is 12.1. The smallest absolute Gasteiger partial charge is 0.248 e. The highest BCUT2D eigenvalue weighted by Gasteiger charge is 2.10. The first-order valence-electron chi connectivity index (χ1n) is 13.1. The summed E-state index contributed by atoms with van der Waals surface area (Å²) in [6, 6.07) is 25.1. The second-order valence-corrected chi connectivity index (χ2v) is 8.92. The van der Waals surface area contributed by atoms with E-state index in [-0.39, 0.29) is 0 Å². The van der Waals surface area contributed by atoms with E-state index in [9.17, 15) is 0 Å². The average Bonchev–Trinajstić information content (AvgIpc) is 3.43. The fraction of sp³-hybridized carbons (Fsp3) is 0.250. The van der Waals surface area contributed by atoms with Crippen molar-refractivity contribution in [1.29, 1.82) is 0 Å². The summed E-state index contributed by atoms with van der Waals surface area (Å²) in [6.45, 7) is 10.6. The number of allylic oxidation sites excluding steroid dienone is 1. The van der Waals surface area contributed by atoms with Crippen molar-refractivity contribution < 1.29 is 4.42 Å². The van der Waals surface area contributed by atoms with Crippen molar-refractivity contribution in [1.82, 2.24) is 10.2 Å². The highest BCUT2D eigenvalue weighted by molar-refractivity contribution is 5.89. The van der Waals surface area contributed by atoms with Crippen molar-refractivity contribution in [3.05, 3.63) is 101 Å². The van der Waals surface area contributed by atoms with Gasteiger partial charge in [0, 0.05) is 36.1 Å². The molecule has 0 bridgehead atoms. The van der Waals surface area contributed by atoms with E-state index in [1.165, 1.54) is 11.3 Å². The highest BCUT2D eigenvalue weighted by Crippen LogP contribution is 2.28. The number of aryl methyl sites for hydroxylation is 1. The lowest BCUT2D eigenvalue weighted by atomic mass is 9.96. The van der Waals surface area contributed by atoms with Crippen molar-refractivity contribution in [3.63, 3.8) is 0 Å². The largest absolute Gasteiger partial charge is 0.417 e. The van der Waals surface area contributed by atoms with E-state index in [0.717, 1.165) is 59.5 Å². The average molecular weight is 493 g/mol. The van der Waals surface area contributed by atoms with Crippen LogP contribution in [0.15, 0.2) is 77.2 Å². The molecule has 0 aliphatic rings. The Morgan fingerprint density at radius 3 is 2.03 bits per heavy atom.